The first-order valence-corrected chi connectivity index (χ1v) is 10.8. The molecule has 3 rings (SSSR count). The number of rotatable bonds is 5. The van der Waals surface area contributed by atoms with E-state index < -0.39 is 10.0 Å². The molecule has 1 heterocycles. The maximum atomic E-state index is 12.9. The van der Waals surface area contributed by atoms with E-state index in [2.05, 4.69) is 6.92 Å². The van der Waals surface area contributed by atoms with Gasteiger partial charge in [-0.25, -0.2) is 8.42 Å². The van der Waals surface area contributed by atoms with Crippen molar-refractivity contribution in [1.29, 1.82) is 0 Å². The van der Waals surface area contributed by atoms with E-state index in [4.69, 9.17) is 0 Å². The molecule has 0 N–H and O–H groups in total. The third-order valence-corrected chi connectivity index (χ3v) is 7.23. The lowest BCUT2D eigenvalue weighted by Crippen LogP contribution is -2.41. The highest BCUT2D eigenvalue weighted by atomic mass is 32.2. The van der Waals surface area contributed by atoms with E-state index >= 15 is 0 Å². The van der Waals surface area contributed by atoms with Crippen LogP contribution in [0.15, 0.2) is 29.2 Å². The lowest BCUT2D eigenvalue weighted by atomic mass is 9.84. The molecule has 2 aliphatic rings. The number of hydrogen-bond donors (Lipinski definition) is 0. The zero-order valence-corrected chi connectivity index (χ0v) is 15.8. The van der Waals surface area contributed by atoms with Crippen LogP contribution < -0.4 is 0 Å². The summed E-state index contributed by atoms with van der Waals surface area (Å²) >= 11 is 0. The zero-order valence-electron chi connectivity index (χ0n) is 15.0. The number of hydrogen-bond acceptors (Lipinski definition) is 3. The van der Waals surface area contributed by atoms with Crippen molar-refractivity contribution in [2.45, 2.75) is 50.3 Å². The second kappa shape index (κ2) is 7.87. The summed E-state index contributed by atoms with van der Waals surface area (Å²) in [4.78, 5) is 14.6. The summed E-state index contributed by atoms with van der Waals surface area (Å²) in [7, 11) is -3.48. The van der Waals surface area contributed by atoms with Gasteiger partial charge < -0.3 is 4.90 Å². The van der Waals surface area contributed by atoms with Crippen molar-refractivity contribution in [3.8, 4) is 0 Å². The van der Waals surface area contributed by atoms with E-state index in [1.807, 2.05) is 17.0 Å². The van der Waals surface area contributed by atoms with Crippen molar-refractivity contribution in [1.82, 2.24) is 9.21 Å². The first-order valence-electron chi connectivity index (χ1n) is 9.40. The minimum atomic E-state index is -3.48. The molecule has 0 radical (unpaired) electrons. The first-order chi connectivity index (χ1) is 12.0. The molecule has 1 aromatic carbocycles. The zero-order chi connectivity index (χ0) is 17.9. The first kappa shape index (κ1) is 18.4. The number of carbonyl (C=O) groups excluding carboxylic acids is 1. The van der Waals surface area contributed by atoms with Crippen molar-refractivity contribution in [3.05, 3.63) is 29.8 Å². The van der Waals surface area contributed by atoms with Crippen LogP contribution in [0.1, 0.15) is 44.6 Å². The van der Waals surface area contributed by atoms with Gasteiger partial charge in [-0.15, -0.1) is 0 Å². The highest BCUT2D eigenvalue weighted by Gasteiger charge is 2.32. The Kier molecular flexibility index (Phi) is 5.79. The van der Waals surface area contributed by atoms with Gasteiger partial charge in [0.1, 0.15) is 0 Å². The third-order valence-electron chi connectivity index (χ3n) is 5.32. The largest absolute Gasteiger partial charge is 0.341 e. The fourth-order valence-corrected chi connectivity index (χ4v) is 5.00. The molecular formula is C19H28N2O3S. The Balaban J connectivity index is 1.67. The van der Waals surface area contributed by atoms with Gasteiger partial charge in [0, 0.05) is 32.1 Å². The smallest absolute Gasteiger partial charge is 0.243 e. The maximum absolute atomic E-state index is 12.9. The van der Waals surface area contributed by atoms with E-state index in [-0.39, 0.29) is 11.8 Å². The topological polar surface area (TPSA) is 57.7 Å². The Bertz CT molecular complexity index is 696. The summed E-state index contributed by atoms with van der Waals surface area (Å²) in [5, 5.41) is 0. The van der Waals surface area contributed by atoms with Crippen molar-refractivity contribution in [2.24, 2.45) is 5.92 Å². The molecule has 25 heavy (non-hydrogen) atoms. The highest BCUT2D eigenvalue weighted by molar-refractivity contribution is 7.89. The van der Waals surface area contributed by atoms with Crippen LogP contribution in [0.4, 0.5) is 0 Å². The summed E-state index contributed by atoms with van der Waals surface area (Å²) < 4.78 is 27.4. The molecule has 1 saturated carbocycles. The van der Waals surface area contributed by atoms with Gasteiger partial charge in [-0.05, 0) is 43.4 Å². The van der Waals surface area contributed by atoms with Gasteiger partial charge in [0.15, 0.2) is 0 Å². The lowest BCUT2D eigenvalue weighted by Gasteiger charge is -2.31. The van der Waals surface area contributed by atoms with Crippen LogP contribution in [0, 0.1) is 5.92 Å². The molecular weight excluding hydrogens is 336 g/mol. The average Bonchev–Trinajstić information content (AvgIpc) is 2.80. The number of carbonyl (C=O) groups is 1. The molecule has 1 saturated heterocycles. The monoisotopic (exact) mass is 364 g/mol. The van der Waals surface area contributed by atoms with Gasteiger partial charge in [-0.1, -0.05) is 31.9 Å². The van der Waals surface area contributed by atoms with Crippen LogP contribution in [-0.4, -0.2) is 49.7 Å². The Morgan fingerprint density at radius 2 is 1.76 bits per heavy atom. The van der Waals surface area contributed by atoms with Crippen LogP contribution in [-0.2, 0) is 21.2 Å². The fraction of sp³-hybridized carbons (Fsp3) is 0.632. The summed E-state index contributed by atoms with van der Waals surface area (Å²) in [5.74, 6) is 0.392. The van der Waals surface area contributed by atoms with Gasteiger partial charge in [0.2, 0.25) is 15.9 Å². The molecule has 1 amide bonds. The standard InChI is InChI=1S/C19H28N2O3S/c1-2-5-16-8-10-18(11-9-16)25(23,24)21-13-4-12-20(14-15-21)19(22)17-6-3-7-17/h8-11,17H,2-7,12-15H2,1H3. The van der Waals surface area contributed by atoms with Gasteiger partial charge >= 0.3 is 0 Å². The van der Waals surface area contributed by atoms with Crippen LogP contribution in [0.2, 0.25) is 0 Å². The molecule has 0 aromatic heterocycles. The van der Waals surface area contributed by atoms with Crippen molar-refractivity contribution < 1.29 is 13.2 Å². The molecule has 138 valence electrons. The molecule has 0 unspecified atom stereocenters. The minimum Gasteiger partial charge on any atom is -0.341 e. The van der Waals surface area contributed by atoms with E-state index in [9.17, 15) is 13.2 Å². The van der Waals surface area contributed by atoms with E-state index in [1.165, 1.54) is 4.31 Å². The second-order valence-electron chi connectivity index (χ2n) is 7.10. The summed E-state index contributed by atoms with van der Waals surface area (Å²) in [6, 6.07) is 7.23. The van der Waals surface area contributed by atoms with Crippen LogP contribution in [0.5, 0.6) is 0 Å². The number of aryl methyl sites for hydroxylation is 1. The predicted molar refractivity (Wildman–Crippen MR) is 97.7 cm³/mol. The molecule has 5 nitrogen and oxygen atoms in total. The number of sulfonamides is 1. The van der Waals surface area contributed by atoms with Gasteiger partial charge in [-0.2, -0.15) is 4.31 Å². The molecule has 1 aliphatic heterocycles. The maximum Gasteiger partial charge on any atom is 0.243 e. The number of amides is 1. The molecule has 1 aromatic rings. The summed E-state index contributed by atoms with van der Waals surface area (Å²) in [6.07, 6.45) is 5.82. The summed E-state index contributed by atoms with van der Waals surface area (Å²) in [6.45, 7) is 4.14. The normalized spacial score (nSPS) is 20.1. The van der Waals surface area contributed by atoms with Gasteiger partial charge in [0.05, 0.1) is 4.90 Å². The SMILES string of the molecule is CCCc1ccc(S(=O)(=O)N2CCCN(C(=O)C3CCC3)CC2)cc1. The third kappa shape index (κ3) is 4.06. The Hall–Kier alpha value is -1.40. The van der Waals surface area contributed by atoms with Crippen molar-refractivity contribution >= 4 is 15.9 Å². The molecule has 2 fully saturated rings. The van der Waals surface area contributed by atoms with E-state index in [1.54, 1.807) is 12.1 Å². The summed E-state index contributed by atoms with van der Waals surface area (Å²) in [5.41, 5.74) is 1.16. The van der Waals surface area contributed by atoms with Crippen LogP contribution >= 0.6 is 0 Å². The van der Waals surface area contributed by atoms with Crippen LogP contribution in [0.3, 0.4) is 0 Å². The molecule has 0 atom stereocenters. The molecule has 1 aliphatic carbocycles. The Morgan fingerprint density at radius 3 is 2.36 bits per heavy atom. The highest BCUT2D eigenvalue weighted by Crippen LogP contribution is 2.29. The van der Waals surface area contributed by atoms with Crippen LogP contribution in [0.25, 0.3) is 0 Å². The predicted octanol–water partition coefficient (Wildman–Crippen LogP) is 2.66. The Labute approximate surface area is 151 Å². The molecule has 6 heteroatoms. The second-order valence-corrected chi connectivity index (χ2v) is 9.04. The quantitative estimate of drug-likeness (QED) is 0.807. The fourth-order valence-electron chi connectivity index (χ4n) is 3.53. The average molecular weight is 365 g/mol. The number of nitrogens with zero attached hydrogens (tertiary/aromatic N) is 2. The van der Waals surface area contributed by atoms with Crippen molar-refractivity contribution in [2.75, 3.05) is 26.2 Å². The van der Waals surface area contributed by atoms with E-state index in [0.29, 0.717) is 37.5 Å². The molecule has 0 spiro atoms. The Morgan fingerprint density at radius 1 is 1.04 bits per heavy atom. The van der Waals surface area contributed by atoms with E-state index in [0.717, 1.165) is 37.7 Å². The lowest BCUT2D eigenvalue weighted by molar-refractivity contribution is -0.138. The van der Waals surface area contributed by atoms with Gasteiger partial charge in [-0.3, -0.25) is 4.79 Å². The minimum absolute atomic E-state index is 0.175. The molecule has 0 bridgehead atoms. The van der Waals surface area contributed by atoms with Crippen molar-refractivity contribution in [3.63, 3.8) is 0 Å². The number of benzene rings is 1. The van der Waals surface area contributed by atoms with Gasteiger partial charge in [0.25, 0.3) is 0 Å².